The number of halogens is 2. The lowest BCUT2D eigenvalue weighted by Gasteiger charge is -2.14. The molecular formula is C25H18BrClN2O5. The molecule has 0 saturated heterocycles. The van der Waals surface area contributed by atoms with Crippen LogP contribution in [0.3, 0.4) is 0 Å². The highest BCUT2D eigenvalue weighted by molar-refractivity contribution is 9.10. The average Bonchev–Trinajstić information content (AvgIpc) is 3.26. The summed E-state index contributed by atoms with van der Waals surface area (Å²) in [4.78, 5) is 25.8. The smallest absolute Gasteiger partial charge is 0.357 e. The fourth-order valence-corrected chi connectivity index (χ4v) is 4.09. The quantitative estimate of drug-likeness (QED) is 0.266. The first-order valence-electron chi connectivity index (χ1n) is 10.0. The molecule has 0 spiro atoms. The molecule has 0 fully saturated rings. The van der Waals surface area contributed by atoms with Gasteiger partial charge in [0.05, 0.1) is 30.5 Å². The van der Waals surface area contributed by atoms with Crippen LogP contribution in [0, 0.1) is 0 Å². The number of para-hydroxylation sites is 2. The zero-order valence-electron chi connectivity index (χ0n) is 18.1. The summed E-state index contributed by atoms with van der Waals surface area (Å²) < 4.78 is 18.0. The third kappa shape index (κ3) is 4.42. The lowest BCUT2D eigenvalue weighted by molar-refractivity contribution is 0.0549. The number of hydrogen-bond donors (Lipinski definition) is 0. The maximum atomic E-state index is 13.0. The van der Waals surface area contributed by atoms with Crippen molar-refractivity contribution in [2.24, 2.45) is 0 Å². The number of carbonyl (C=O) groups is 2. The Labute approximate surface area is 209 Å². The van der Waals surface area contributed by atoms with Gasteiger partial charge in [-0.2, -0.15) is 5.10 Å². The van der Waals surface area contributed by atoms with E-state index in [2.05, 4.69) is 21.0 Å². The molecule has 0 amide bonds. The summed E-state index contributed by atoms with van der Waals surface area (Å²) in [7, 11) is 2.45. The lowest BCUT2D eigenvalue weighted by atomic mass is 10.0. The van der Waals surface area contributed by atoms with Crippen LogP contribution in [-0.4, -0.2) is 35.9 Å². The minimum absolute atomic E-state index is 0.0842. The van der Waals surface area contributed by atoms with Gasteiger partial charge in [0, 0.05) is 4.47 Å². The van der Waals surface area contributed by atoms with Gasteiger partial charge >= 0.3 is 11.9 Å². The first-order valence-corrected chi connectivity index (χ1v) is 11.2. The molecule has 1 heterocycles. The molecule has 0 aliphatic carbocycles. The maximum absolute atomic E-state index is 13.0. The second-order valence-electron chi connectivity index (χ2n) is 6.95. The van der Waals surface area contributed by atoms with Crippen molar-refractivity contribution >= 4 is 39.5 Å². The fraction of sp³-hybridized carbons (Fsp3) is 0.0800. The molecule has 7 nitrogen and oxygen atoms in total. The van der Waals surface area contributed by atoms with Crippen LogP contribution in [0.4, 0.5) is 0 Å². The van der Waals surface area contributed by atoms with Crippen molar-refractivity contribution in [2.75, 3.05) is 14.2 Å². The second kappa shape index (κ2) is 10.1. The third-order valence-electron chi connectivity index (χ3n) is 4.91. The summed E-state index contributed by atoms with van der Waals surface area (Å²) in [5, 5.41) is 4.92. The van der Waals surface area contributed by atoms with Crippen LogP contribution in [-0.2, 0) is 9.47 Å². The van der Waals surface area contributed by atoms with Crippen molar-refractivity contribution in [3.8, 4) is 28.4 Å². The lowest BCUT2D eigenvalue weighted by Crippen LogP contribution is -2.15. The largest absolute Gasteiger partial charge is 0.465 e. The molecule has 0 bridgehead atoms. The standard InChI is InChI=1S/C25H18BrClN2O5/c1-32-24(30)20-21(28-29(22(20)25(31)33-2)15-9-5-3-6-10-15)19-17(26)13-14-18(27)23(19)34-16-11-7-4-8-12-16/h3-14H,1-2H3. The van der Waals surface area contributed by atoms with Crippen LogP contribution in [0.1, 0.15) is 20.8 Å². The highest BCUT2D eigenvalue weighted by Crippen LogP contribution is 2.45. The molecule has 0 atom stereocenters. The summed E-state index contributed by atoms with van der Waals surface area (Å²) in [5.41, 5.74) is 0.878. The molecule has 3 aromatic carbocycles. The van der Waals surface area contributed by atoms with Gasteiger partial charge in [-0.3, -0.25) is 0 Å². The van der Waals surface area contributed by atoms with Gasteiger partial charge < -0.3 is 14.2 Å². The van der Waals surface area contributed by atoms with Crippen molar-refractivity contribution in [1.82, 2.24) is 9.78 Å². The average molecular weight is 542 g/mol. The van der Waals surface area contributed by atoms with Crippen LogP contribution >= 0.6 is 27.5 Å². The van der Waals surface area contributed by atoms with Gasteiger partial charge in [-0.15, -0.1) is 0 Å². The molecule has 0 saturated carbocycles. The Kier molecular flexibility index (Phi) is 7.00. The fourth-order valence-electron chi connectivity index (χ4n) is 3.39. The normalized spacial score (nSPS) is 10.6. The van der Waals surface area contributed by atoms with Crippen LogP contribution < -0.4 is 4.74 Å². The zero-order valence-corrected chi connectivity index (χ0v) is 20.5. The molecule has 9 heteroatoms. The van der Waals surface area contributed by atoms with Crippen LogP contribution in [0.2, 0.25) is 5.02 Å². The van der Waals surface area contributed by atoms with Gasteiger partial charge in [0.15, 0.2) is 11.4 Å². The van der Waals surface area contributed by atoms with E-state index in [1.165, 1.54) is 18.9 Å². The van der Waals surface area contributed by atoms with E-state index < -0.39 is 11.9 Å². The summed E-state index contributed by atoms with van der Waals surface area (Å²) in [6.07, 6.45) is 0. The highest BCUT2D eigenvalue weighted by Gasteiger charge is 2.34. The number of carbonyl (C=O) groups excluding carboxylic acids is 2. The number of nitrogens with zero attached hydrogens (tertiary/aromatic N) is 2. The molecule has 34 heavy (non-hydrogen) atoms. The summed E-state index contributed by atoms with van der Waals surface area (Å²) >= 11 is 10.1. The molecule has 0 unspecified atom stereocenters. The minimum Gasteiger partial charge on any atom is -0.465 e. The summed E-state index contributed by atoms with van der Waals surface area (Å²) in [6, 6.07) is 21.3. The van der Waals surface area contributed by atoms with E-state index in [9.17, 15) is 9.59 Å². The van der Waals surface area contributed by atoms with E-state index in [0.29, 0.717) is 21.5 Å². The molecule has 4 rings (SSSR count). The maximum Gasteiger partial charge on any atom is 0.357 e. The monoisotopic (exact) mass is 540 g/mol. The second-order valence-corrected chi connectivity index (χ2v) is 8.21. The molecule has 1 aromatic heterocycles. The number of hydrogen-bond acceptors (Lipinski definition) is 6. The molecule has 0 aliphatic heterocycles. The number of rotatable bonds is 6. The Morgan fingerprint density at radius 1 is 0.882 bits per heavy atom. The van der Waals surface area contributed by atoms with Gasteiger partial charge in [-0.05, 0) is 52.3 Å². The Morgan fingerprint density at radius 2 is 1.50 bits per heavy atom. The van der Waals surface area contributed by atoms with Gasteiger partial charge in [0.2, 0.25) is 0 Å². The van der Waals surface area contributed by atoms with Crippen LogP contribution in [0.5, 0.6) is 11.5 Å². The first-order chi connectivity index (χ1) is 16.5. The number of esters is 2. The van der Waals surface area contributed by atoms with E-state index in [0.717, 1.165) is 0 Å². The Bertz CT molecular complexity index is 1360. The van der Waals surface area contributed by atoms with Crippen molar-refractivity contribution in [1.29, 1.82) is 0 Å². The van der Waals surface area contributed by atoms with E-state index in [1.54, 1.807) is 48.5 Å². The first kappa shape index (κ1) is 23.5. The Hall–Kier alpha value is -3.62. The SMILES string of the molecule is COC(=O)c1c(-c2c(Br)ccc(Cl)c2Oc2ccccc2)nn(-c2ccccc2)c1C(=O)OC. The van der Waals surface area contributed by atoms with Crippen LogP contribution in [0.25, 0.3) is 16.9 Å². The summed E-state index contributed by atoms with van der Waals surface area (Å²) in [5.74, 6) is -0.748. The number of aromatic nitrogens is 2. The van der Waals surface area contributed by atoms with Crippen molar-refractivity contribution in [3.63, 3.8) is 0 Å². The van der Waals surface area contributed by atoms with Gasteiger partial charge in [0.25, 0.3) is 0 Å². The third-order valence-corrected chi connectivity index (χ3v) is 5.87. The minimum atomic E-state index is -0.768. The Balaban J connectivity index is 2.06. The number of benzene rings is 3. The van der Waals surface area contributed by atoms with E-state index in [1.807, 2.05) is 24.3 Å². The van der Waals surface area contributed by atoms with Gasteiger partial charge in [-0.1, -0.05) is 48.0 Å². The van der Waals surface area contributed by atoms with E-state index in [4.69, 9.17) is 25.8 Å². The van der Waals surface area contributed by atoms with Crippen molar-refractivity contribution < 1.29 is 23.8 Å². The predicted octanol–water partition coefficient (Wildman–Crippen LogP) is 6.32. The highest BCUT2D eigenvalue weighted by atomic mass is 79.9. The van der Waals surface area contributed by atoms with Crippen LogP contribution in [0.15, 0.2) is 77.3 Å². The Morgan fingerprint density at radius 3 is 2.12 bits per heavy atom. The summed E-state index contributed by atoms with van der Waals surface area (Å²) in [6.45, 7) is 0. The molecular weight excluding hydrogens is 524 g/mol. The molecule has 4 aromatic rings. The number of methoxy groups -OCH3 is 2. The number of ether oxygens (including phenoxy) is 3. The van der Waals surface area contributed by atoms with Crippen molar-refractivity contribution in [2.45, 2.75) is 0 Å². The van der Waals surface area contributed by atoms with Gasteiger partial charge in [-0.25, -0.2) is 14.3 Å². The zero-order chi connectivity index (χ0) is 24.2. The van der Waals surface area contributed by atoms with E-state index in [-0.39, 0.29) is 27.7 Å². The predicted molar refractivity (Wildman–Crippen MR) is 131 cm³/mol. The molecule has 0 radical (unpaired) electrons. The molecule has 0 N–H and O–H groups in total. The van der Waals surface area contributed by atoms with Gasteiger partial charge in [0.1, 0.15) is 17.0 Å². The molecule has 172 valence electrons. The van der Waals surface area contributed by atoms with Crippen molar-refractivity contribution in [3.05, 3.63) is 93.5 Å². The molecule has 0 aliphatic rings. The van der Waals surface area contributed by atoms with E-state index >= 15 is 0 Å². The topological polar surface area (TPSA) is 79.7 Å².